The molecule has 0 spiro atoms. The van der Waals surface area contributed by atoms with Gasteiger partial charge in [0.25, 0.3) is 0 Å². The van der Waals surface area contributed by atoms with Gasteiger partial charge in [-0.25, -0.2) is 9.78 Å². The Morgan fingerprint density at radius 2 is 1.81 bits per heavy atom. The molecule has 0 bridgehead atoms. The Bertz CT molecular complexity index is 1260. The number of carboxylic acids is 1. The van der Waals surface area contributed by atoms with E-state index >= 15 is 0 Å². The van der Waals surface area contributed by atoms with E-state index in [1.807, 2.05) is 12.1 Å². The zero-order valence-corrected chi connectivity index (χ0v) is 21.3. The zero-order valence-electron chi connectivity index (χ0n) is 21.3. The number of amides is 1. The first-order valence-corrected chi connectivity index (χ1v) is 13.1. The number of imidazole rings is 1. The normalized spacial score (nSPS) is 22.8. The molecule has 1 aliphatic heterocycles. The third kappa shape index (κ3) is 4.36. The maximum absolute atomic E-state index is 12.6. The first-order chi connectivity index (χ1) is 17.4. The van der Waals surface area contributed by atoms with Gasteiger partial charge in [0.05, 0.1) is 29.7 Å². The van der Waals surface area contributed by atoms with Gasteiger partial charge < -0.3 is 14.4 Å². The fraction of sp³-hybridized carbons (Fsp3) is 0.483. The van der Waals surface area contributed by atoms with Gasteiger partial charge in [0.1, 0.15) is 5.82 Å². The van der Waals surface area contributed by atoms with Gasteiger partial charge in [-0.05, 0) is 69.6 Å². The summed E-state index contributed by atoms with van der Waals surface area (Å²) in [5.41, 5.74) is 5.30. The number of carbonyl (C=O) groups excluding carboxylic acids is 1. The lowest BCUT2D eigenvalue weighted by Crippen LogP contribution is -2.42. The first kappa shape index (κ1) is 24.3. The minimum Gasteiger partial charge on any atom is -0.481 e. The summed E-state index contributed by atoms with van der Waals surface area (Å²) in [6, 6.07) is 14.9. The minimum absolute atomic E-state index is 0.0623. The average Bonchev–Trinajstić information content (AvgIpc) is 3.29. The molecule has 7 heteroatoms. The van der Waals surface area contributed by atoms with Gasteiger partial charge in [-0.15, -0.1) is 0 Å². The van der Waals surface area contributed by atoms with E-state index < -0.39 is 5.97 Å². The average molecular weight is 490 g/mol. The molecule has 1 N–H and O–H groups in total. The van der Waals surface area contributed by atoms with E-state index in [0.29, 0.717) is 12.8 Å². The summed E-state index contributed by atoms with van der Waals surface area (Å²) in [5.74, 6) is 0.285. The molecule has 1 aliphatic carbocycles. The number of nitrogens with zero attached hydrogens (tertiary/aromatic N) is 3. The van der Waals surface area contributed by atoms with Crippen LogP contribution in [0.5, 0.6) is 0 Å². The van der Waals surface area contributed by atoms with Gasteiger partial charge in [0.2, 0.25) is 0 Å². The molecule has 36 heavy (non-hydrogen) atoms. The maximum Gasteiger partial charge on any atom is 0.414 e. The lowest BCUT2D eigenvalue weighted by molar-refractivity contribution is -0.143. The van der Waals surface area contributed by atoms with Crippen molar-refractivity contribution in [2.75, 3.05) is 12.0 Å². The van der Waals surface area contributed by atoms with Crippen LogP contribution >= 0.6 is 0 Å². The maximum atomic E-state index is 12.6. The molecule has 1 fully saturated rings. The summed E-state index contributed by atoms with van der Waals surface area (Å²) in [4.78, 5) is 31.2. The molecule has 7 nitrogen and oxygen atoms in total. The highest BCUT2D eigenvalue weighted by atomic mass is 16.5. The van der Waals surface area contributed by atoms with E-state index in [1.165, 1.54) is 12.7 Å². The minimum atomic E-state index is -0.687. The molecule has 5 rings (SSSR count). The standard InChI is InChI=1S/C29H35N3O4/c1-18(17-20-7-5-4-6-8-20)27-30-26-23-14-9-19(2)31(29(35)36-3)24(23)15-16-25(26)32(27)22-12-10-21(11-13-22)28(33)34/h4-8,15-16,18-19,21-22H,9-14,17H2,1-3H3,(H,33,34)/t18?,19-,21?,22?/m0/s1. The summed E-state index contributed by atoms with van der Waals surface area (Å²) < 4.78 is 7.49. The lowest BCUT2D eigenvalue weighted by atomic mass is 9.85. The first-order valence-electron chi connectivity index (χ1n) is 13.1. The Labute approximate surface area is 212 Å². The molecule has 3 aromatic rings. The van der Waals surface area contributed by atoms with E-state index in [9.17, 15) is 14.7 Å². The quantitative estimate of drug-likeness (QED) is 0.468. The Hall–Kier alpha value is -3.35. The monoisotopic (exact) mass is 489 g/mol. The molecule has 0 radical (unpaired) electrons. The third-order valence-corrected chi connectivity index (χ3v) is 8.09. The highest BCUT2D eigenvalue weighted by molar-refractivity contribution is 5.95. The Balaban J connectivity index is 1.60. The van der Waals surface area contributed by atoms with Crippen LogP contribution in [0, 0.1) is 5.92 Å². The smallest absolute Gasteiger partial charge is 0.414 e. The van der Waals surface area contributed by atoms with Gasteiger partial charge in [0.15, 0.2) is 0 Å². The SMILES string of the molecule is COC(=O)N1c2ccc3c(nc(C(C)Cc4ccccc4)n3C3CCC(C(=O)O)CC3)c2CC[C@@H]1C. The van der Waals surface area contributed by atoms with E-state index in [0.717, 1.165) is 60.2 Å². The largest absolute Gasteiger partial charge is 0.481 e. The van der Waals surface area contributed by atoms with Crippen molar-refractivity contribution in [3.8, 4) is 0 Å². The van der Waals surface area contributed by atoms with Crippen LogP contribution in [0.2, 0.25) is 0 Å². The number of fused-ring (bicyclic) bond motifs is 3. The van der Waals surface area contributed by atoms with Gasteiger partial charge in [-0.3, -0.25) is 9.69 Å². The second-order valence-corrected chi connectivity index (χ2v) is 10.4. The molecule has 1 unspecified atom stereocenters. The molecule has 1 aromatic heterocycles. The number of anilines is 1. The van der Waals surface area contributed by atoms with Crippen molar-refractivity contribution >= 4 is 28.8 Å². The van der Waals surface area contributed by atoms with Gasteiger partial charge in [0, 0.05) is 23.6 Å². The number of methoxy groups -OCH3 is 1. The number of carbonyl (C=O) groups is 2. The number of aromatic nitrogens is 2. The van der Waals surface area contributed by atoms with Crippen LogP contribution in [0.4, 0.5) is 10.5 Å². The second-order valence-electron chi connectivity index (χ2n) is 10.4. The van der Waals surface area contributed by atoms with Crippen molar-refractivity contribution in [1.82, 2.24) is 9.55 Å². The van der Waals surface area contributed by atoms with Crippen LogP contribution in [0.1, 0.15) is 74.9 Å². The summed E-state index contributed by atoms with van der Waals surface area (Å²) in [6.07, 6.45) is 5.28. The summed E-state index contributed by atoms with van der Waals surface area (Å²) >= 11 is 0. The van der Waals surface area contributed by atoms with Crippen molar-refractivity contribution in [2.45, 2.75) is 76.8 Å². The Morgan fingerprint density at radius 3 is 2.47 bits per heavy atom. The van der Waals surface area contributed by atoms with Gasteiger partial charge >= 0.3 is 12.1 Å². The molecule has 2 atom stereocenters. The molecule has 0 saturated heterocycles. The molecule has 1 amide bonds. The number of hydrogen-bond donors (Lipinski definition) is 1. The summed E-state index contributed by atoms with van der Waals surface area (Å²) in [6.45, 7) is 4.28. The van der Waals surface area contributed by atoms with E-state index in [-0.39, 0.29) is 30.0 Å². The van der Waals surface area contributed by atoms with Crippen LogP contribution in [0.15, 0.2) is 42.5 Å². The fourth-order valence-corrected chi connectivity index (χ4v) is 6.16. The number of aliphatic carboxylic acids is 1. The van der Waals surface area contributed by atoms with Gasteiger partial charge in [-0.2, -0.15) is 0 Å². The molecule has 190 valence electrons. The van der Waals surface area contributed by atoms with Crippen molar-refractivity contribution in [3.63, 3.8) is 0 Å². The van der Waals surface area contributed by atoms with E-state index in [4.69, 9.17) is 9.72 Å². The molecule has 2 heterocycles. The summed E-state index contributed by atoms with van der Waals surface area (Å²) in [7, 11) is 1.42. The highest BCUT2D eigenvalue weighted by Crippen LogP contribution is 2.41. The Morgan fingerprint density at radius 1 is 1.08 bits per heavy atom. The number of hydrogen-bond acceptors (Lipinski definition) is 4. The van der Waals surface area contributed by atoms with E-state index in [2.05, 4.69) is 48.7 Å². The molecule has 2 aliphatic rings. The van der Waals surface area contributed by atoms with Crippen molar-refractivity contribution < 1.29 is 19.4 Å². The fourth-order valence-electron chi connectivity index (χ4n) is 6.16. The number of ether oxygens (including phenoxy) is 1. The highest BCUT2D eigenvalue weighted by Gasteiger charge is 2.34. The summed E-state index contributed by atoms with van der Waals surface area (Å²) in [5, 5.41) is 9.52. The second kappa shape index (κ2) is 9.96. The van der Waals surface area contributed by atoms with Crippen LogP contribution in [0.25, 0.3) is 11.0 Å². The van der Waals surface area contributed by atoms with Crippen LogP contribution in [-0.4, -0.2) is 39.9 Å². The van der Waals surface area contributed by atoms with Crippen LogP contribution in [0.3, 0.4) is 0 Å². The number of carboxylic acid groups (broad SMARTS) is 1. The van der Waals surface area contributed by atoms with Gasteiger partial charge in [-0.1, -0.05) is 37.3 Å². The van der Waals surface area contributed by atoms with Crippen LogP contribution in [-0.2, 0) is 22.4 Å². The number of benzene rings is 2. The Kier molecular flexibility index (Phi) is 6.73. The van der Waals surface area contributed by atoms with Crippen molar-refractivity contribution in [1.29, 1.82) is 0 Å². The third-order valence-electron chi connectivity index (χ3n) is 8.09. The predicted octanol–water partition coefficient (Wildman–Crippen LogP) is 6.11. The zero-order chi connectivity index (χ0) is 25.4. The molecular weight excluding hydrogens is 454 g/mol. The molecular formula is C29H35N3O4. The topological polar surface area (TPSA) is 84.7 Å². The predicted molar refractivity (Wildman–Crippen MR) is 140 cm³/mol. The van der Waals surface area contributed by atoms with Crippen molar-refractivity contribution in [3.05, 3.63) is 59.4 Å². The number of rotatable bonds is 5. The van der Waals surface area contributed by atoms with Crippen LogP contribution < -0.4 is 4.90 Å². The lowest BCUT2D eigenvalue weighted by Gasteiger charge is -2.34. The number of aryl methyl sites for hydroxylation is 1. The molecule has 2 aromatic carbocycles. The van der Waals surface area contributed by atoms with Crippen molar-refractivity contribution in [2.24, 2.45) is 5.92 Å². The van der Waals surface area contributed by atoms with E-state index in [1.54, 1.807) is 4.90 Å². The molecule has 1 saturated carbocycles.